The maximum absolute atomic E-state index is 11.4. The van der Waals surface area contributed by atoms with Gasteiger partial charge >= 0.3 is 0 Å². The number of carbonyl (C=O) groups is 1. The summed E-state index contributed by atoms with van der Waals surface area (Å²) in [4.78, 5) is 13.5. The van der Waals surface area contributed by atoms with Gasteiger partial charge in [0.2, 0.25) is 5.91 Å². The van der Waals surface area contributed by atoms with Gasteiger partial charge in [0.15, 0.2) is 0 Å². The van der Waals surface area contributed by atoms with E-state index in [9.17, 15) is 9.90 Å². The summed E-state index contributed by atoms with van der Waals surface area (Å²) in [5, 5.41) is 10.4. The normalized spacial score (nSPS) is 24.5. The number of aliphatic hydroxyl groups excluding tert-OH is 1. The fraction of sp³-hybridized carbons (Fsp3) is 0.562. The summed E-state index contributed by atoms with van der Waals surface area (Å²) in [7, 11) is 1.61. The van der Waals surface area contributed by atoms with Gasteiger partial charge in [-0.05, 0) is 37.5 Å². The molecule has 1 heterocycles. The molecule has 1 aliphatic heterocycles. The van der Waals surface area contributed by atoms with Crippen LogP contribution in [0, 0.1) is 5.92 Å². The summed E-state index contributed by atoms with van der Waals surface area (Å²) in [6, 6.07) is 7.78. The highest BCUT2D eigenvalue weighted by Crippen LogP contribution is 2.25. The highest BCUT2D eigenvalue weighted by Gasteiger charge is 2.29. The molecular weight excluding hydrogens is 268 g/mol. The van der Waals surface area contributed by atoms with E-state index < -0.39 is 6.10 Å². The number of nitrogens with zero attached hydrogens (tertiary/aromatic N) is 1. The highest BCUT2D eigenvalue weighted by molar-refractivity contribution is 5.76. The SMILES string of the molecule is COc1cccc(C(O)CN2CC(C(N)=O)CCC2C)c1. The Morgan fingerprint density at radius 1 is 1.52 bits per heavy atom. The van der Waals surface area contributed by atoms with Crippen LogP contribution in [-0.4, -0.2) is 42.2 Å². The first kappa shape index (κ1) is 15.8. The molecule has 1 saturated heterocycles. The number of piperidine rings is 1. The third-order valence-corrected chi connectivity index (χ3v) is 4.30. The van der Waals surface area contributed by atoms with Crippen LogP contribution in [0.4, 0.5) is 0 Å². The molecule has 116 valence electrons. The molecule has 0 aliphatic carbocycles. The molecule has 3 atom stereocenters. The smallest absolute Gasteiger partial charge is 0.221 e. The standard InChI is InChI=1S/C16H24N2O3/c1-11-6-7-13(16(17)20)9-18(11)10-15(19)12-4-3-5-14(8-12)21-2/h3-5,8,11,13,15,19H,6-7,9-10H2,1-2H3,(H2,17,20). The Kier molecular flexibility index (Phi) is 5.20. The minimum absolute atomic E-state index is 0.112. The molecule has 1 aromatic carbocycles. The van der Waals surface area contributed by atoms with Crippen molar-refractivity contribution in [1.82, 2.24) is 4.90 Å². The topological polar surface area (TPSA) is 75.8 Å². The number of aliphatic hydroxyl groups is 1. The minimum Gasteiger partial charge on any atom is -0.497 e. The number of hydrogen-bond donors (Lipinski definition) is 2. The predicted octanol–water partition coefficient (Wildman–Crippen LogP) is 1.31. The number of likely N-dealkylation sites (tertiary alicyclic amines) is 1. The molecule has 1 amide bonds. The summed E-state index contributed by atoms with van der Waals surface area (Å²) in [6.07, 6.45) is 1.16. The Balaban J connectivity index is 2.03. The Morgan fingerprint density at radius 2 is 2.29 bits per heavy atom. The van der Waals surface area contributed by atoms with E-state index in [1.54, 1.807) is 7.11 Å². The zero-order valence-corrected chi connectivity index (χ0v) is 12.7. The zero-order chi connectivity index (χ0) is 15.4. The molecule has 5 heteroatoms. The minimum atomic E-state index is -0.603. The second kappa shape index (κ2) is 6.91. The van der Waals surface area contributed by atoms with Gasteiger partial charge in [-0.2, -0.15) is 0 Å². The Labute approximate surface area is 125 Å². The molecule has 0 bridgehead atoms. The lowest BCUT2D eigenvalue weighted by Crippen LogP contribution is -2.47. The van der Waals surface area contributed by atoms with Gasteiger partial charge in [-0.1, -0.05) is 12.1 Å². The number of amides is 1. The lowest BCUT2D eigenvalue weighted by molar-refractivity contribution is -0.124. The summed E-state index contributed by atoms with van der Waals surface area (Å²) in [5.41, 5.74) is 6.23. The van der Waals surface area contributed by atoms with Gasteiger partial charge < -0.3 is 15.6 Å². The van der Waals surface area contributed by atoms with Crippen molar-refractivity contribution in [3.05, 3.63) is 29.8 Å². The monoisotopic (exact) mass is 292 g/mol. The van der Waals surface area contributed by atoms with Crippen LogP contribution in [0.15, 0.2) is 24.3 Å². The van der Waals surface area contributed by atoms with Crippen LogP contribution in [0.3, 0.4) is 0 Å². The molecule has 1 aliphatic rings. The van der Waals surface area contributed by atoms with Crippen molar-refractivity contribution >= 4 is 5.91 Å². The van der Waals surface area contributed by atoms with Gasteiger partial charge in [-0.25, -0.2) is 0 Å². The third-order valence-electron chi connectivity index (χ3n) is 4.30. The Bertz CT molecular complexity index is 492. The van der Waals surface area contributed by atoms with Crippen molar-refractivity contribution < 1.29 is 14.6 Å². The number of β-amino-alcohol motifs (C(OH)–C–C–N with tert-alkyl or cyclic N) is 1. The van der Waals surface area contributed by atoms with E-state index in [0.29, 0.717) is 19.1 Å². The van der Waals surface area contributed by atoms with Crippen LogP contribution in [0.5, 0.6) is 5.75 Å². The van der Waals surface area contributed by atoms with Crippen molar-refractivity contribution in [2.45, 2.75) is 31.9 Å². The zero-order valence-electron chi connectivity index (χ0n) is 12.7. The molecule has 0 aromatic heterocycles. The summed E-state index contributed by atoms with van der Waals surface area (Å²) >= 11 is 0. The number of rotatable bonds is 5. The van der Waals surface area contributed by atoms with Crippen molar-refractivity contribution in [1.29, 1.82) is 0 Å². The Morgan fingerprint density at radius 3 is 2.95 bits per heavy atom. The number of ether oxygens (including phenoxy) is 1. The average Bonchev–Trinajstić information content (AvgIpc) is 2.49. The molecule has 2 rings (SSSR count). The van der Waals surface area contributed by atoms with E-state index in [0.717, 1.165) is 24.2 Å². The van der Waals surface area contributed by atoms with Crippen LogP contribution in [0.25, 0.3) is 0 Å². The number of hydrogen-bond acceptors (Lipinski definition) is 4. The molecule has 5 nitrogen and oxygen atoms in total. The molecule has 21 heavy (non-hydrogen) atoms. The van der Waals surface area contributed by atoms with Crippen molar-refractivity contribution in [3.8, 4) is 5.75 Å². The van der Waals surface area contributed by atoms with E-state index in [4.69, 9.17) is 10.5 Å². The lowest BCUT2D eigenvalue weighted by Gasteiger charge is -2.38. The molecule has 0 spiro atoms. The largest absolute Gasteiger partial charge is 0.497 e. The summed E-state index contributed by atoms with van der Waals surface area (Å²) in [5.74, 6) is 0.370. The molecule has 1 aromatic rings. The van der Waals surface area contributed by atoms with E-state index in [2.05, 4.69) is 11.8 Å². The van der Waals surface area contributed by atoms with Crippen molar-refractivity contribution in [2.24, 2.45) is 11.7 Å². The number of primary amides is 1. The second-order valence-electron chi connectivity index (χ2n) is 5.77. The fourth-order valence-electron chi connectivity index (χ4n) is 2.84. The van der Waals surface area contributed by atoms with Gasteiger partial charge in [-0.3, -0.25) is 9.69 Å². The maximum Gasteiger partial charge on any atom is 0.221 e. The molecule has 0 radical (unpaired) electrons. The number of benzene rings is 1. The van der Waals surface area contributed by atoms with Crippen LogP contribution in [-0.2, 0) is 4.79 Å². The average molecular weight is 292 g/mol. The van der Waals surface area contributed by atoms with Crippen molar-refractivity contribution in [3.63, 3.8) is 0 Å². The molecular formula is C16H24N2O3. The Hall–Kier alpha value is -1.59. The first-order chi connectivity index (χ1) is 10.0. The first-order valence-corrected chi connectivity index (χ1v) is 7.36. The molecule has 3 unspecified atom stereocenters. The maximum atomic E-state index is 11.4. The number of methoxy groups -OCH3 is 1. The van der Waals surface area contributed by atoms with Gasteiger partial charge in [-0.15, -0.1) is 0 Å². The van der Waals surface area contributed by atoms with E-state index in [1.165, 1.54) is 0 Å². The predicted molar refractivity (Wildman–Crippen MR) is 80.9 cm³/mol. The quantitative estimate of drug-likeness (QED) is 0.858. The van der Waals surface area contributed by atoms with Crippen LogP contribution < -0.4 is 10.5 Å². The summed E-state index contributed by atoms with van der Waals surface area (Å²) < 4.78 is 5.18. The van der Waals surface area contributed by atoms with Gasteiger partial charge in [0, 0.05) is 19.1 Å². The van der Waals surface area contributed by atoms with Crippen molar-refractivity contribution in [2.75, 3.05) is 20.2 Å². The van der Waals surface area contributed by atoms with Crippen LogP contribution in [0.2, 0.25) is 0 Å². The van der Waals surface area contributed by atoms with E-state index in [-0.39, 0.29) is 11.8 Å². The lowest BCUT2D eigenvalue weighted by atomic mass is 9.92. The molecule has 3 N–H and O–H groups in total. The van der Waals surface area contributed by atoms with E-state index in [1.807, 2.05) is 24.3 Å². The summed E-state index contributed by atoms with van der Waals surface area (Å²) in [6.45, 7) is 3.24. The third kappa shape index (κ3) is 3.95. The van der Waals surface area contributed by atoms with Gasteiger partial charge in [0.25, 0.3) is 0 Å². The van der Waals surface area contributed by atoms with E-state index >= 15 is 0 Å². The van der Waals surface area contributed by atoms with Crippen LogP contribution in [0.1, 0.15) is 31.4 Å². The molecule has 1 fully saturated rings. The number of carbonyl (C=O) groups excluding carboxylic acids is 1. The van der Waals surface area contributed by atoms with Crippen LogP contribution >= 0.6 is 0 Å². The first-order valence-electron chi connectivity index (χ1n) is 7.36. The number of nitrogens with two attached hydrogens (primary N) is 1. The second-order valence-corrected chi connectivity index (χ2v) is 5.77. The highest BCUT2D eigenvalue weighted by atomic mass is 16.5. The molecule has 0 saturated carbocycles. The van der Waals surface area contributed by atoms with Gasteiger partial charge in [0.05, 0.1) is 19.1 Å². The van der Waals surface area contributed by atoms with Gasteiger partial charge in [0.1, 0.15) is 5.75 Å². The fourth-order valence-corrected chi connectivity index (χ4v) is 2.84.